The van der Waals surface area contributed by atoms with E-state index in [1.54, 1.807) is 0 Å². The van der Waals surface area contributed by atoms with Crippen LogP contribution < -0.4 is 11.1 Å². The first kappa shape index (κ1) is 16.7. The largest absolute Gasteiger partial charge is 0.326 e. The zero-order valence-corrected chi connectivity index (χ0v) is 12.7. The molecule has 0 aliphatic heterocycles. The molecule has 0 spiro atoms. The fraction of sp³-hybridized carbons (Fsp3) is 0.562. The van der Waals surface area contributed by atoms with E-state index in [2.05, 4.69) is 24.2 Å². The molecule has 0 aromatic heterocycles. The average Bonchev–Trinajstić information content (AvgIpc) is 2.46. The molecule has 0 fully saturated rings. The lowest BCUT2D eigenvalue weighted by atomic mass is 10.2. The fourth-order valence-electron chi connectivity index (χ4n) is 1.98. The van der Waals surface area contributed by atoms with Gasteiger partial charge in [-0.25, -0.2) is 0 Å². The van der Waals surface area contributed by atoms with Crippen molar-refractivity contribution < 1.29 is 4.79 Å². The van der Waals surface area contributed by atoms with Gasteiger partial charge in [0.15, 0.2) is 0 Å². The summed E-state index contributed by atoms with van der Waals surface area (Å²) < 4.78 is 0. The number of carbonyl (C=O) groups excluding carboxylic acids is 1. The third kappa shape index (κ3) is 6.68. The number of hydrogen-bond donors (Lipinski definition) is 2. The van der Waals surface area contributed by atoms with E-state index in [-0.39, 0.29) is 5.91 Å². The van der Waals surface area contributed by atoms with Crippen LogP contribution in [0.25, 0.3) is 0 Å². The number of unbranched alkanes of at least 4 members (excludes halogenated alkanes) is 2. The van der Waals surface area contributed by atoms with Crippen LogP contribution >= 0.6 is 0 Å². The molecule has 1 rings (SSSR count). The Morgan fingerprint density at radius 2 is 1.90 bits per heavy atom. The Hall–Kier alpha value is -1.39. The lowest BCUT2D eigenvalue weighted by Gasteiger charge is -2.16. The monoisotopic (exact) mass is 277 g/mol. The summed E-state index contributed by atoms with van der Waals surface area (Å²) in [6.45, 7) is 4.59. The number of nitrogens with zero attached hydrogens (tertiary/aromatic N) is 1. The van der Waals surface area contributed by atoms with E-state index in [1.807, 2.05) is 24.3 Å². The predicted octanol–water partition coefficient (Wildman–Crippen LogP) is 2.60. The van der Waals surface area contributed by atoms with Gasteiger partial charge in [0.25, 0.3) is 0 Å². The second-order valence-corrected chi connectivity index (χ2v) is 5.21. The Morgan fingerprint density at radius 1 is 1.20 bits per heavy atom. The number of hydrogen-bond acceptors (Lipinski definition) is 3. The van der Waals surface area contributed by atoms with Crippen molar-refractivity contribution in [2.75, 3.05) is 25.5 Å². The standard InChI is InChI=1S/C16H27N3O/c1-3-4-5-11-19(2)12-10-16(20)18-15-8-6-14(13-17)7-9-15/h6-9H,3-5,10-13,17H2,1-2H3,(H,18,20). The minimum absolute atomic E-state index is 0.0628. The number of anilines is 1. The Labute approximate surface area is 122 Å². The Bertz CT molecular complexity index is 389. The first-order chi connectivity index (χ1) is 9.65. The summed E-state index contributed by atoms with van der Waals surface area (Å²) in [5.74, 6) is 0.0628. The summed E-state index contributed by atoms with van der Waals surface area (Å²) in [6.07, 6.45) is 4.22. The quantitative estimate of drug-likeness (QED) is 0.682. The van der Waals surface area contributed by atoms with Gasteiger partial charge in [0.1, 0.15) is 0 Å². The van der Waals surface area contributed by atoms with Crippen molar-refractivity contribution in [3.05, 3.63) is 29.8 Å². The molecule has 1 aromatic rings. The zero-order valence-electron chi connectivity index (χ0n) is 12.7. The Morgan fingerprint density at radius 3 is 2.50 bits per heavy atom. The van der Waals surface area contributed by atoms with Crippen molar-refractivity contribution in [3.8, 4) is 0 Å². The van der Waals surface area contributed by atoms with Crippen molar-refractivity contribution in [2.24, 2.45) is 5.73 Å². The highest BCUT2D eigenvalue weighted by Crippen LogP contribution is 2.09. The van der Waals surface area contributed by atoms with Crippen molar-refractivity contribution in [1.29, 1.82) is 0 Å². The molecule has 0 heterocycles. The molecule has 0 radical (unpaired) electrons. The minimum Gasteiger partial charge on any atom is -0.326 e. The van der Waals surface area contributed by atoms with Gasteiger partial charge in [0.05, 0.1) is 0 Å². The molecule has 0 saturated heterocycles. The van der Waals surface area contributed by atoms with Gasteiger partial charge in [0.2, 0.25) is 5.91 Å². The van der Waals surface area contributed by atoms with E-state index in [0.29, 0.717) is 13.0 Å². The first-order valence-electron chi connectivity index (χ1n) is 7.43. The van der Waals surface area contributed by atoms with Gasteiger partial charge in [-0.1, -0.05) is 31.9 Å². The number of amides is 1. The second-order valence-electron chi connectivity index (χ2n) is 5.21. The summed E-state index contributed by atoms with van der Waals surface area (Å²) in [5, 5.41) is 2.91. The average molecular weight is 277 g/mol. The van der Waals surface area contributed by atoms with Crippen LogP contribution in [0.3, 0.4) is 0 Å². The number of carbonyl (C=O) groups is 1. The van der Waals surface area contributed by atoms with E-state index >= 15 is 0 Å². The van der Waals surface area contributed by atoms with Crippen LogP contribution in [0.15, 0.2) is 24.3 Å². The lowest BCUT2D eigenvalue weighted by molar-refractivity contribution is -0.116. The minimum atomic E-state index is 0.0628. The highest BCUT2D eigenvalue weighted by atomic mass is 16.1. The summed E-state index contributed by atoms with van der Waals surface area (Å²) in [4.78, 5) is 14.1. The van der Waals surface area contributed by atoms with Gasteiger partial charge in [-0.3, -0.25) is 4.79 Å². The molecule has 4 heteroatoms. The maximum atomic E-state index is 11.8. The summed E-state index contributed by atoms with van der Waals surface area (Å²) in [6, 6.07) is 7.66. The number of rotatable bonds is 9. The summed E-state index contributed by atoms with van der Waals surface area (Å²) >= 11 is 0. The Kier molecular flexibility index (Phi) is 7.92. The zero-order chi connectivity index (χ0) is 14.8. The lowest BCUT2D eigenvalue weighted by Crippen LogP contribution is -2.25. The van der Waals surface area contributed by atoms with Crippen LogP contribution in [0.1, 0.15) is 38.2 Å². The van der Waals surface area contributed by atoms with Crippen LogP contribution in [0.2, 0.25) is 0 Å². The van der Waals surface area contributed by atoms with Crippen molar-refractivity contribution >= 4 is 11.6 Å². The molecule has 112 valence electrons. The van der Waals surface area contributed by atoms with Crippen LogP contribution in [-0.2, 0) is 11.3 Å². The van der Waals surface area contributed by atoms with E-state index in [9.17, 15) is 4.79 Å². The summed E-state index contributed by atoms with van der Waals surface area (Å²) in [5.41, 5.74) is 7.44. The van der Waals surface area contributed by atoms with Gasteiger partial charge in [-0.15, -0.1) is 0 Å². The summed E-state index contributed by atoms with van der Waals surface area (Å²) in [7, 11) is 2.07. The molecule has 3 N–H and O–H groups in total. The molecule has 1 amide bonds. The number of nitrogens with one attached hydrogen (secondary N) is 1. The molecule has 4 nitrogen and oxygen atoms in total. The fourth-order valence-corrected chi connectivity index (χ4v) is 1.98. The molecule has 0 atom stereocenters. The van der Waals surface area contributed by atoms with Gasteiger partial charge in [-0.2, -0.15) is 0 Å². The molecule has 1 aromatic carbocycles. The molecular weight excluding hydrogens is 250 g/mol. The van der Waals surface area contributed by atoms with Crippen LogP contribution in [0.5, 0.6) is 0 Å². The van der Waals surface area contributed by atoms with Gasteiger partial charge < -0.3 is 16.0 Å². The predicted molar refractivity (Wildman–Crippen MR) is 84.6 cm³/mol. The number of benzene rings is 1. The maximum Gasteiger partial charge on any atom is 0.225 e. The third-order valence-corrected chi connectivity index (χ3v) is 3.34. The van der Waals surface area contributed by atoms with Gasteiger partial charge >= 0.3 is 0 Å². The van der Waals surface area contributed by atoms with Crippen LogP contribution in [0.4, 0.5) is 5.69 Å². The highest BCUT2D eigenvalue weighted by molar-refractivity contribution is 5.90. The van der Waals surface area contributed by atoms with Gasteiger partial charge in [-0.05, 0) is 37.7 Å². The molecule has 0 aliphatic carbocycles. The maximum absolute atomic E-state index is 11.8. The smallest absolute Gasteiger partial charge is 0.225 e. The Balaban J connectivity index is 2.25. The highest BCUT2D eigenvalue weighted by Gasteiger charge is 2.05. The molecule has 0 saturated carbocycles. The van der Waals surface area contributed by atoms with Crippen molar-refractivity contribution in [3.63, 3.8) is 0 Å². The molecule has 20 heavy (non-hydrogen) atoms. The van der Waals surface area contributed by atoms with E-state index in [1.165, 1.54) is 19.3 Å². The SMILES string of the molecule is CCCCCN(C)CCC(=O)Nc1ccc(CN)cc1. The van der Waals surface area contributed by atoms with E-state index in [4.69, 9.17) is 5.73 Å². The normalized spacial score (nSPS) is 10.8. The van der Waals surface area contributed by atoms with Crippen molar-refractivity contribution in [1.82, 2.24) is 4.90 Å². The van der Waals surface area contributed by atoms with Crippen LogP contribution in [-0.4, -0.2) is 30.9 Å². The van der Waals surface area contributed by atoms with E-state index in [0.717, 1.165) is 24.3 Å². The van der Waals surface area contributed by atoms with Crippen LogP contribution in [0, 0.1) is 0 Å². The van der Waals surface area contributed by atoms with E-state index < -0.39 is 0 Å². The third-order valence-electron chi connectivity index (χ3n) is 3.34. The second kappa shape index (κ2) is 9.50. The molecular formula is C16H27N3O. The molecule has 0 aliphatic rings. The van der Waals surface area contributed by atoms with Crippen molar-refractivity contribution in [2.45, 2.75) is 39.2 Å². The topological polar surface area (TPSA) is 58.4 Å². The first-order valence-corrected chi connectivity index (χ1v) is 7.43. The molecule has 0 unspecified atom stereocenters. The van der Waals surface area contributed by atoms with Gasteiger partial charge in [0, 0.05) is 25.2 Å². The molecule has 0 bridgehead atoms. The number of nitrogens with two attached hydrogens (primary N) is 1.